The van der Waals surface area contributed by atoms with Gasteiger partial charge in [-0.2, -0.15) is 10.1 Å². The molecule has 0 aliphatic heterocycles. The summed E-state index contributed by atoms with van der Waals surface area (Å²) in [5.41, 5.74) is 1.26. The van der Waals surface area contributed by atoms with Gasteiger partial charge in [0.15, 0.2) is 11.5 Å². The van der Waals surface area contributed by atoms with E-state index in [4.69, 9.17) is 0 Å². The third-order valence-electron chi connectivity index (χ3n) is 2.60. The van der Waals surface area contributed by atoms with E-state index in [0.717, 1.165) is 5.56 Å². The van der Waals surface area contributed by atoms with Gasteiger partial charge in [-0.3, -0.25) is 4.79 Å². The van der Waals surface area contributed by atoms with E-state index in [9.17, 15) is 4.79 Å². The summed E-state index contributed by atoms with van der Waals surface area (Å²) >= 11 is 0. The highest BCUT2D eigenvalue weighted by molar-refractivity contribution is 5.91. The molecule has 19 heavy (non-hydrogen) atoms. The van der Waals surface area contributed by atoms with Crippen molar-refractivity contribution in [1.29, 1.82) is 0 Å². The molecule has 0 aromatic carbocycles. The van der Waals surface area contributed by atoms with E-state index in [1.165, 1.54) is 4.90 Å². The van der Waals surface area contributed by atoms with Gasteiger partial charge < -0.3 is 10.2 Å². The lowest BCUT2D eigenvalue weighted by Gasteiger charge is -2.08. The molecule has 0 bridgehead atoms. The number of hydrogen-bond acceptors (Lipinski definition) is 5. The first kappa shape index (κ1) is 13.0. The smallest absolute Gasteiger partial charge is 0.273 e. The van der Waals surface area contributed by atoms with E-state index in [2.05, 4.69) is 20.4 Å². The monoisotopic (exact) mass is 260 g/mol. The van der Waals surface area contributed by atoms with E-state index < -0.39 is 0 Å². The third-order valence-corrected chi connectivity index (χ3v) is 2.60. The van der Waals surface area contributed by atoms with Gasteiger partial charge >= 0.3 is 0 Å². The highest BCUT2D eigenvalue weighted by atomic mass is 16.2. The van der Waals surface area contributed by atoms with Crippen molar-refractivity contribution in [3.8, 4) is 5.82 Å². The fraction of sp³-hybridized carbons (Fsp3) is 0.333. The average Bonchev–Trinajstić information content (AvgIpc) is 2.87. The van der Waals surface area contributed by atoms with Gasteiger partial charge in [0.05, 0.1) is 0 Å². The van der Waals surface area contributed by atoms with Crippen molar-refractivity contribution < 1.29 is 4.79 Å². The molecular formula is C12H16N6O. The molecule has 0 saturated carbocycles. The molecule has 2 aromatic rings. The van der Waals surface area contributed by atoms with Crippen LogP contribution in [0.4, 0.5) is 5.95 Å². The summed E-state index contributed by atoms with van der Waals surface area (Å²) < 4.78 is 1.58. The Balaban J connectivity index is 2.40. The lowest BCUT2D eigenvalue weighted by molar-refractivity contribution is 0.0821. The summed E-state index contributed by atoms with van der Waals surface area (Å²) in [4.78, 5) is 21.7. The summed E-state index contributed by atoms with van der Waals surface area (Å²) in [5, 5.41) is 7.12. The zero-order chi connectivity index (χ0) is 14.0. The molecule has 7 nitrogen and oxygen atoms in total. The molecule has 1 N–H and O–H groups in total. The molecule has 0 spiro atoms. The summed E-state index contributed by atoms with van der Waals surface area (Å²) in [6.45, 7) is 1.89. The summed E-state index contributed by atoms with van der Waals surface area (Å²) in [7, 11) is 5.13. The Morgan fingerprint density at radius 2 is 2.16 bits per heavy atom. The first-order chi connectivity index (χ1) is 9.02. The van der Waals surface area contributed by atoms with Crippen LogP contribution in [0.15, 0.2) is 18.5 Å². The lowest BCUT2D eigenvalue weighted by atomic mass is 10.3. The molecule has 0 unspecified atom stereocenters. The molecule has 2 aromatic heterocycles. The van der Waals surface area contributed by atoms with Crippen LogP contribution in [0.1, 0.15) is 16.1 Å². The van der Waals surface area contributed by atoms with Crippen LogP contribution in [0.25, 0.3) is 5.82 Å². The van der Waals surface area contributed by atoms with Crippen LogP contribution in [0.5, 0.6) is 0 Å². The molecule has 2 rings (SSSR count). The SMILES string of the molecule is CNc1ncc(C)c(-n2ccc(C(=O)N(C)C)n2)n1. The maximum absolute atomic E-state index is 11.8. The molecule has 0 saturated heterocycles. The second kappa shape index (κ2) is 5.05. The van der Waals surface area contributed by atoms with E-state index in [0.29, 0.717) is 17.5 Å². The standard InChI is InChI=1S/C12H16N6O/c1-8-7-14-12(13-2)15-10(8)18-6-5-9(16-18)11(19)17(3)4/h5-7H,1-4H3,(H,13,14,15). The Bertz CT molecular complexity index is 604. The number of nitrogens with zero attached hydrogens (tertiary/aromatic N) is 5. The van der Waals surface area contributed by atoms with Crippen LogP contribution in [-0.2, 0) is 0 Å². The minimum atomic E-state index is -0.140. The van der Waals surface area contributed by atoms with E-state index >= 15 is 0 Å². The molecule has 2 heterocycles. The van der Waals surface area contributed by atoms with E-state index in [-0.39, 0.29) is 5.91 Å². The minimum absolute atomic E-state index is 0.140. The number of nitrogens with one attached hydrogen (secondary N) is 1. The Morgan fingerprint density at radius 1 is 1.42 bits per heavy atom. The van der Waals surface area contributed by atoms with Gasteiger partial charge in [0.25, 0.3) is 5.91 Å². The van der Waals surface area contributed by atoms with E-state index in [1.54, 1.807) is 44.3 Å². The van der Waals surface area contributed by atoms with Crippen LogP contribution < -0.4 is 5.32 Å². The fourth-order valence-electron chi connectivity index (χ4n) is 1.57. The lowest BCUT2D eigenvalue weighted by Crippen LogP contribution is -2.22. The Hall–Kier alpha value is -2.44. The topological polar surface area (TPSA) is 75.9 Å². The van der Waals surface area contributed by atoms with Gasteiger partial charge in [-0.1, -0.05) is 0 Å². The van der Waals surface area contributed by atoms with Crippen molar-refractivity contribution in [2.45, 2.75) is 6.92 Å². The van der Waals surface area contributed by atoms with Crippen LogP contribution in [0.2, 0.25) is 0 Å². The number of hydrogen-bond donors (Lipinski definition) is 1. The number of anilines is 1. The highest BCUT2D eigenvalue weighted by Gasteiger charge is 2.13. The Labute approximate surface area is 111 Å². The molecular weight excluding hydrogens is 244 g/mol. The van der Waals surface area contributed by atoms with Crippen LogP contribution in [0, 0.1) is 6.92 Å². The Morgan fingerprint density at radius 3 is 2.79 bits per heavy atom. The van der Waals surface area contributed by atoms with Gasteiger partial charge in [-0.25, -0.2) is 9.67 Å². The number of aromatic nitrogens is 4. The first-order valence-corrected chi connectivity index (χ1v) is 5.82. The molecule has 0 aliphatic rings. The average molecular weight is 260 g/mol. The summed E-state index contributed by atoms with van der Waals surface area (Å²) in [6.07, 6.45) is 3.43. The largest absolute Gasteiger partial charge is 0.357 e. The quantitative estimate of drug-likeness (QED) is 0.879. The second-order valence-corrected chi connectivity index (χ2v) is 4.30. The predicted molar refractivity (Wildman–Crippen MR) is 71.5 cm³/mol. The zero-order valence-electron chi connectivity index (χ0n) is 11.4. The van der Waals surface area contributed by atoms with Crippen LogP contribution >= 0.6 is 0 Å². The molecule has 100 valence electrons. The molecule has 1 amide bonds. The second-order valence-electron chi connectivity index (χ2n) is 4.30. The first-order valence-electron chi connectivity index (χ1n) is 5.82. The molecule has 0 atom stereocenters. The number of rotatable bonds is 3. The normalized spacial score (nSPS) is 10.3. The predicted octanol–water partition coefficient (Wildman–Crippen LogP) is 0.714. The molecule has 0 fully saturated rings. The molecule has 7 heteroatoms. The van der Waals surface area contributed by atoms with Crippen LogP contribution in [0.3, 0.4) is 0 Å². The number of aryl methyl sites for hydroxylation is 1. The maximum Gasteiger partial charge on any atom is 0.273 e. The van der Waals surface area contributed by atoms with Crippen molar-refractivity contribution >= 4 is 11.9 Å². The van der Waals surface area contributed by atoms with Gasteiger partial charge in [-0.05, 0) is 13.0 Å². The minimum Gasteiger partial charge on any atom is -0.357 e. The Kier molecular flexibility index (Phi) is 3.46. The van der Waals surface area contributed by atoms with E-state index in [1.807, 2.05) is 6.92 Å². The van der Waals surface area contributed by atoms with Gasteiger partial charge in [-0.15, -0.1) is 0 Å². The van der Waals surface area contributed by atoms with Crippen molar-refractivity contribution in [3.05, 3.63) is 29.7 Å². The van der Waals surface area contributed by atoms with Crippen molar-refractivity contribution in [1.82, 2.24) is 24.6 Å². The number of amides is 1. The summed E-state index contributed by atoms with van der Waals surface area (Å²) in [5.74, 6) is 1.02. The molecule has 0 radical (unpaired) electrons. The van der Waals surface area contributed by atoms with Crippen LogP contribution in [-0.4, -0.2) is 51.7 Å². The summed E-state index contributed by atoms with van der Waals surface area (Å²) in [6, 6.07) is 1.67. The zero-order valence-corrected chi connectivity index (χ0v) is 11.4. The third kappa shape index (κ3) is 2.54. The maximum atomic E-state index is 11.8. The molecule has 0 aliphatic carbocycles. The van der Waals surface area contributed by atoms with Gasteiger partial charge in [0.1, 0.15) is 0 Å². The fourth-order valence-corrected chi connectivity index (χ4v) is 1.57. The number of carbonyl (C=O) groups excluding carboxylic acids is 1. The van der Waals surface area contributed by atoms with Gasteiger partial charge in [0.2, 0.25) is 5.95 Å². The van der Waals surface area contributed by atoms with Crippen molar-refractivity contribution in [3.63, 3.8) is 0 Å². The number of carbonyl (C=O) groups is 1. The van der Waals surface area contributed by atoms with Gasteiger partial charge in [0, 0.05) is 39.1 Å². The highest BCUT2D eigenvalue weighted by Crippen LogP contribution is 2.12. The van der Waals surface area contributed by atoms with Crippen molar-refractivity contribution in [2.24, 2.45) is 0 Å². The van der Waals surface area contributed by atoms with Crippen molar-refractivity contribution in [2.75, 3.05) is 26.5 Å².